The zero-order chi connectivity index (χ0) is 25.9. The van der Waals surface area contributed by atoms with E-state index in [2.05, 4.69) is 11.4 Å². The van der Waals surface area contributed by atoms with Crippen LogP contribution in [-0.4, -0.2) is 25.2 Å². The van der Waals surface area contributed by atoms with Crippen LogP contribution in [0, 0.1) is 20.8 Å². The van der Waals surface area contributed by atoms with Crippen LogP contribution in [0.1, 0.15) is 40.8 Å². The summed E-state index contributed by atoms with van der Waals surface area (Å²) in [7, 11) is -4.02. The summed E-state index contributed by atoms with van der Waals surface area (Å²) in [4.78, 5) is 13.1. The molecule has 3 aromatic carbocycles. The summed E-state index contributed by atoms with van der Waals surface area (Å²) in [5.41, 5.74) is 4.94. The molecule has 1 atom stereocenters. The highest BCUT2D eigenvalue weighted by Gasteiger charge is 2.28. The van der Waals surface area contributed by atoms with E-state index in [0.717, 1.165) is 21.0 Å². The maximum absolute atomic E-state index is 13.5. The molecule has 0 aliphatic rings. The van der Waals surface area contributed by atoms with Crippen molar-refractivity contribution in [1.29, 1.82) is 0 Å². The van der Waals surface area contributed by atoms with E-state index in [4.69, 9.17) is 34.8 Å². The van der Waals surface area contributed by atoms with Crippen LogP contribution in [0.5, 0.6) is 0 Å². The summed E-state index contributed by atoms with van der Waals surface area (Å²) in [5.74, 6) is -0.423. The van der Waals surface area contributed by atoms with Gasteiger partial charge in [0.2, 0.25) is 15.9 Å². The molecule has 0 saturated heterocycles. The molecule has 0 spiro atoms. The molecular formula is C26H27Cl3N2O3S. The number of halogens is 3. The van der Waals surface area contributed by atoms with Crippen molar-refractivity contribution in [3.8, 4) is 0 Å². The van der Waals surface area contributed by atoms with Crippen molar-refractivity contribution < 1.29 is 13.2 Å². The quantitative estimate of drug-likeness (QED) is 0.340. The van der Waals surface area contributed by atoms with Gasteiger partial charge in [0.1, 0.15) is 0 Å². The Morgan fingerprint density at radius 1 is 0.886 bits per heavy atom. The van der Waals surface area contributed by atoms with Crippen molar-refractivity contribution in [2.45, 2.75) is 45.2 Å². The summed E-state index contributed by atoms with van der Waals surface area (Å²) in [6.45, 7) is 7.49. The molecule has 1 unspecified atom stereocenters. The number of amides is 1. The fraction of sp³-hybridized carbons (Fsp3) is 0.269. The maximum atomic E-state index is 13.5. The average Bonchev–Trinajstić information content (AvgIpc) is 2.78. The van der Waals surface area contributed by atoms with Crippen LogP contribution >= 0.6 is 34.8 Å². The number of hydrogen-bond acceptors (Lipinski definition) is 3. The number of carbonyl (C=O) groups is 1. The molecule has 3 rings (SSSR count). The molecular weight excluding hydrogens is 527 g/mol. The predicted octanol–water partition coefficient (Wildman–Crippen LogP) is 6.64. The first-order chi connectivity index (χ1) is 16.4. The Morgan fingerprint density at radius 3 is 2.14 bits per heavy atom. The Hall–Kier alpha value is -2.09. The van der Waals surface area contributed by atoms with Gasteiger partial charge < -0.3 is 5.32 Å². The summed E-state index contributed by atoms with van der Waals surface area (Å²) < 4.78 is 28.1. The second kappa shape index (κ2) is 11.3. The fourth-order valence-electron chi connectivity index (χ4n) is 3.80. The van der Waals surface area contributed by atoms with Crippen LogP contribution in [0.3, 0.4) is 0 Å². The van der Waals surface area contributed by atoms with Gasteiger partial charge in [-0.05, 0) is 91.9 Å². The molecule has 1 amide bonds. The molecule has 0 fully saturated rings. The summed E-state index contributed by atoms with van der Waals surface area (Å²) in [6.07, 6.45) is 0. The second-order valence-corrected chi connectivity index (χ2v) is 11.7. The van der Waals surface area contributed by atoms with Crippen molar-refractivity contribution in [2.75, 3.05) is 6.54 Å². The number of carbonyl (C=O) groups excluding carboxylic acids is 1. The van der Waals surface area contributed by atoms with Crippen LogP contribution in [0.2, 0.25) is 15.1 Å². The average molecular weight is 554 g/mol. The molecule has 0 saturated carbocycles. The third-order valence-electron chi connectivity index (χ3n) is 5.84. The highest BCUT2D eigenvalue weighted by molar-refractivity contribution is 7.89. The molecule has 35 heavy (non-hydrogen) atoms. The van der Waals surface area contributed by atoms with Crippen molar-refractivity contribution in [3.63, 3.8) is 0 Å². The third kappa shape index (κ3) is 6.78. The predicted molar refractivity (Wildman–Crippen MR) is 143 cm³/mol. The van der Waals surface area contributed by atoms with E-state index in [-0.39, 0.29) is 24.0 Å². The molecule has 0 aliphatic heterocycles. The van der Waals surface area contributed by atoms with E-state index in [9.17, 15) is 13.2 Å². The Bertz CT molecular complexity index is 1340. The lowest BCUT2D eigenvalue weighted by Gasteiger charge is -2.24. The highest BCUT2D eigenvalue weighted by Crippen LogP contribution is 2.26. The van der Waals surface area contributed by atoms with E-state index in [1.807, 2.05) is 33.8 Å². The standard InChI is InChI=1S/C26H27Cl3N2O3S/c1-16-11-18(3)23(12-17(16)2)19(4)30-26(32)15-31(14-20-5-10-24(28)25(29)13-20)35(33,34)22-8-6-21(27)7-9-22/h5-13,19H,14-15H2,1-4H3,(H,30,32). The van der Waals surface area contributed by atoms with Gasteiger partial charge in [-0.15, -0.1) is 0 Å². The van der Waals surface area contributed by atoms with Crippen molar-refractivity contribution >= 4 is 50.7 Å². The van der Waals surface area contributed by atoms with Gasteiger partial charge in [-0.25, -0.2) is 8.42 Å². The van der Waals surface area contributed by atoms with E-state index in [1.54, 1.807) is 18.2 Å². The Kier molecular flexibility index (Phi) is 8.89. The Labute approximate surface area is 222 Å². The van der Waals surface area contributed by atoms with E-state index >= 15 is 0 Å². The molecule has 1 N–H and O–H groups in total. The van der Waals surface area contributed by atoms with Crippen LogP contribution < -0.4 is 5.32 Å². The minimum atomic E-state index is -4.02. The SMILES string of the molecule is Cc1cc(C)c(C(C)NC(=O)CN(Cc2ccc(Cl)c(Cl)c2)S(=O)(=O)c2ccc(Cl)cc2)cc1C. The van der Waals surface area contributed by atoms with E-state index in [0.29, 0.717) is 20.6 Å². The van der Waals surface area contributed by atoms with Crippen LogP contribution in [0.25, 0.3) is 0 Å². The number of nitrogens with zero attached hydrogens (tertiary/aromatic N) is 1. The Morgan fingerprint density at radius 2 is 1.51 bits per heavy atom. The normalized spacial score (nSPS) is 12.6. The molecule has 0 aromatic heterocycles. The largest absolute Gasteiger partial charge is 0.348 e. The summed E-state index contributed by atoms with van der Waals surface area (Å²) >= 11 is 18.1. The molecule has 0 radical (unpaired) electrons. The molecule has 0 aliphatic carbocycles. The minimum Gasteiger partial charge on any atom is -0.348 e. The first kappa shape index (κ1) is 27.5. The van der Waals surface area contributed by atoms with Crippen molar-refractivity contribution in [3.05, 3.63) is 97.5 Å². The molecule has 0 heterocycles. The lowest BCUT2D eigenvalue weighted by atomic mass is 9.96. The summed E-state index contributed by atoms with van der Waals surface area (Å²) in [6, 6.07) is 14.5. The van der Waals surface area contributed by atoms with E-state index in [1.165, 1.54) is 29.8 Å². The van der Waals surface area contributed by atoms with Gasteiger partial charge in [0.15, 0.2) is 0 Å². The zero-order valence-electron chi connectivity index (χ0n) is 19.9. The van der Waals surface area contributed by atoms with Crippen LogP contribution in [0.4, 0.5) is 0 Å². The summed E-state index contributed by atoms with van der Waals surface area (Å²) in [5, 5.41) is 4.01. The first-order valence-electron chi connectivity index (χ1n) is 10.9. The lowest BCUT2D eigenvalue weighted by molar-refractivity contribution is -0.122. The molecule has 186 valence electrons. The smallest absolute Gasteiger partial charge is 0.243 e. The number of nitrogens with one attached hydrogen (secondary N) is 1. The van der Waals surface area contributed by atoms with Gasteiger partial charge in [-0.2, -0.15) is 4.31 Å². The minimum absolute atomic E-state index is 0.0350. The van der Waals surface area contributed by atoms with Crippen molar-refractivity contribution in [1.82, 2.24) is 9.62 Å². The molecule has 5 nitrogen and oxygen atoms in total. The fourth-order valence-corrected chi connectivity index (χ4v) is 5.63. The van der Waals surface area contributed by atoms with E-state index < -0.39 is 15.9 Å². The molecule has 9 heteroatoms. The van der Waals surface area contributed by atoms with Crippen molar-refractivity contribution in [2.24, 2.45) is 0 Å². The third-order valence-corrected chi connectivity index (χ3v) is 8.64. The lowest BCUT2D eigenvalue weighted by Crippen LogP contribution is -2.41. The van der Waals surface area contributed by atoms with Crippen LogP contribution in [-0.2, 0) is 21.4 Å². The Balaban J connectivity index is 1.88. The maximum Gasteiger partial charge on any atom is 0.243 e. The van der Waals surface area contributed by atoms with Gasteiger partial charge in [-0.3, -0.25) is 4.79 Å². The van der Waals surface area contributed by atoms with Gasteiger partial charge in [-0.1, -0.05) is 53.0 Å². The topological polar surface area (TPSA) is 66.5 Å². The van der Waals surface area contributed by atoms with Gasteiger partial charge in [0.25, 0.3) is 0 Å². The monoisotopic (exact) mass is 552 g/mol. The van der Waals surface area contributed by atoms with Crippen LogP contribution in [0.15, 0.2) is 59.5 Å². The second-order valence-electron chi connectivity index (χ2n) is 8.56. The molecule has 0 bridgehead atoms. The van der Waals surface area contributed by atoms with Gasteiger partial charge >= 0.3 is 0 Å². The number of hydrogen-bond donors (Lipinski definition) is 1. The highest BCUT2D eigenvalue weighted by atomic mass is 35.5. The number of rotatable bonds is 8. The van der Waals surface area contributed by atoms with Gasteiger partial charge in [0.05, 0.1) is 27.5 Å². The molecule has 3 aromatic rings. The van der Waals surface area contributed by atoms with Gasteiger partial charge in [0, 0.05) is 11.6 Å². The number of sulfonamides is 1. The first-order valence-corrected chi connectivity index (χ1v) is 13.5. The number of benzene rings is 3. The number of aryl methyl sites for hydroxylation is 3. The zero-order valence-corrected chi connectivity index (χ0v) is 23.0.